The largest absolute Gasteiger partial charge is 0.462 e. The van der Waals surface area contributed by atoms with Gasteiger partial charge in [0.25, 0.3) is 0 Å². The number of aldehydes is 1. The van der Waals surface area contributed by atoms with Crippen LogP contribution in [0.3, 0.4) is 0 Å². The molecule has 32 heavy (non-hydrogen) atoms. The van der Waals surface area contributed by atoms with Crippen LogP contribution in [0.5, 0.6) is 0 Å². The maximum Gasteiger partial charge on any atom is 0.303 e. The van der Waals surface area contributed by atoms with Crippen LogP contribution in [0.1, 0.15) is 41.5 Å². The molecule has 0 aromatic heterocycles. The van der Waals surface area contributed by atoms with E-state index in [0.29, 0.717) is 0 Å². The molecule has 0 aliphatic rings. The normalized spacial score (nSPS) is 14.9. The molecule has 5 atom stereocenters. The maximum atomic E-state index is 11.8. The van der Waals surface area contributed by atoms with Crippen LogP contribution < -0.4 is 0 Å². The second kappa shape index (κ2) is 13.7. The van der Waals surface area contributed by atoms with Crippen LogP contribution in [0, 0.1) is 0 Å². The summed E-state index contributed by atoms with van der Waals surface area (Å²) in [5.74, 6) is -5.53. The average Bonchev–Trinajstić information content (AvgIpc) is 2.63. The average molecular weight is 462 g/mol. The van der Waals surface area contributed by atoms with Crippen molar-refractivity contribution in [3.63, 3.8) is 0 Å². The first-order valence-electron chi connectivity index (χ1n) is 9.23. The van der Waals surface area contributed by atoms with Crippen LogP contribution >= 0.6 is 0 Å². The summed E-state index contributed by atoms with van der Waals surface area (Å²) in [5, 5.41) is 0. The van der Waals surface area contributed by atoms with E-state index >= 15 is 0 Å². The molecule has 0 heterocycles. The zero-order valence-corrected chi connectivity index (χ0v) is 18.5. The van der Waals surface area contributed by atoms with Crippen LogP contribution in [-0.4, -0.2) is 79.2 Å². The first-order valence-corrected chi connectivity index (χ1v) is 9.23. The molecule has 13 nitrogen and oxygen atoms in total. The highest BCUT2D eigenvalue weighted by Crippen LogP contribution is 2.23. The van der Waals surface area contributed by atoms with E-state index in [-0.39, 0.29) is 6.29 Å². The third-order valence-corrected chi connectivity index (χ3v) is 3.45. The fourth-order valence-electron chi connectivity index (χ4n) is 2.54. The minimum Gasteiger partial charge on any atom is -0.462 e. The molecule has 0 amide bonds. The zero-order chi connectivity index (χ0) is 25.0. The molecule has 0 spiro atoms. The molecule has 0 aliphatic carbocycles. The van der Waals surface area contributed by atoms with Crippen LogP contribution in [0.2, 0.25) is 0 Å². The highest BCUT2D eigenvalue weighted by Gasteiger charge is 2.47. The van der Waals surface area contributed by atoms with E-state index in [0.717, 1.165) is 41.5 Å². The van der Waals surface area contributed by atoms with Crippen LogP contribution in [0.4, 0.5) is 0 Å². The van der Waals surface area contributed by atoms with Gasteiger partial charge in [-0.2, -0.15) is 0 Å². The van der Waals surface area contributed by atoms with Crippen LogP contribution in [-0.2, 0) is 62.0 Å². The highest BCUT2D eigenvalue weighted by atomic mass is 16.6. The van der Waals surface area contributed by atoms with E-state index in [2.05, 4.69) is 0 Å². The summed E-state index contributed by atoms with van der Waals surface area (Å²) in [6, 6.07) is 0. The van der Waals surface area contributed by atoms with Crippen LogP contribution in [0.15, 0.2) is 0 Å². The molecule has 13 heteroatoms. The van der Waals surface area contributed by atoms with Gasteiger partial charge in [-0.15, -0.1) is 0 Å². The minimum absolute atomic E-state index is 0.100. The molecule has 0 N–H and O–H groups in total. The Balaban J connectivity index is 6.58. The molecule has 0 saturated carbocycles. The molecule has 0 bridgehead atoms. The van der Waals surface area contributed by atoms with E-state index in [1.807, 2.05) is 0 Å². The third kappa shape index (κ3) is 11.0. The lowest BCUT2D eigenvalue weighted by Gasteiger charge is -2.36. The van der Waals surface area contributed by atoms with Crippen molar-refractivity contribution in [2.75, 3.05) is 6.61 Å². The van der Waals surface area contributed by atoms with Gasteiger partial charge in [-0.25, -0.2) is 0 Å². The number of ether oxygens (including phenoxy) is 6. The minimum atomic E-state index is -1.82. The topological polar surface area (TPSA) is 175 Å². The van der Waals surface area contributed by atoms with Crippen molar-refractivity contribution >= 4 is 42.1 Å². The van der Waals surface area contributed by atoms with E-state index < -0.39 is 72.9 Å². The lowest BCUT2D eigenvalue weighted by molar-refractivity contribution is -0.211. The maximum absolute atomic E-state index is 11.8. The molecule has 0 aromatic carbocycles. The van der Waals surface area contributed by atoms with Gasteiger partial charge >= 0.3 is 35.8 Å². The molecule has 0 aromatic rings. The van der Waals surface area contributed by atoms with Gasteiger partial charge in [0.1, 0.15) is 6.61 Å². The number of esters is 6. The molecule has 0 fully saturated rings. The highest BCUT2D eigenvalue weighted by molar-refractivity contribution is 5.72. The number of hydrogen-bond acceptors (Lipinski definition) is 13. The fraction of sp³-hybridized carbons (Fsp3) is 0.632. The number of rotatable bonds is 12. The molecule has 180 valence electrons. The number of carbonyl (C=O) groups is 7. The second-order valence-electron chi connectivity index (χ2n) is 6.38. The smallest absolute Gasteiger partial charge is 0.303 e. The quantitative estimate of drug-likeness (QED) is 0.204. The van der Waals surface area contributed by atoms with Gasteiger partial charge in [0.05, 0.1) is 0 Å². The Hall–Kier alpha value is -3.51. The second-order valence-corrected chi connectivity index (χ2v) is 6.38. The van der Waals surface area contributed by atoms with E-state index in [1.54, 1.807) is 0 Å². The summed E-state index contributed by atoms with van der Waals surface area (Å²) < 4.78 is 30.0. The van der Waals surface area contributed by atoms with Crippen molar-refractivity contribution in [3.05, 3.63) is 0 Å². The van der Waals surface area contributed by atoms with Crippen molar-refractivity contribution in [1.29, 1.82) is 0 Å². The lowest BCUT2D eigenvalue weighted by atomic mass is 9.98. The molecular formula is C19H26O13. The predicted molar refractivity (Wildman–Crippen MR) is 100 cm³/mol. The van der Waals surface area contributed by atoms with Crippen molar-refractivity contribution < 1.29 is 62.0 Å². The van der Waals surface area contributed by atoms with E-state index in [4.69, 9.17) is 28.4 Å². The summed E-state index contributed by atoms with van der Waals surface area (Å²) in [7, 11) is 0. The Labute approximate surface area is 183 Å². The van der Waals surface area contributed by atoms with Gasteiger partial charge in [-0.05, 0) is 0 Å². The molecule has 0 saturated heterocycles. The Bertz CT molecular complexity index is 729. The van der Waals surface area contributed by atoms with Crippen molar-refractivity contribution in [1.82, 2.24) is 0 Å². The van der Waals surface area contributed by atoms with E-state index in [1.165, 1.54) is 0 Å². The predicted octanol–water partition coefficient (Wildman–Crippen LogP) is -0.593. The number of carbonyl (C=O) groups excluding carboxylic acids is 7. The van der Waals surface area contributed by atoms with Crippen molar-refractivity contribution in [2.45, 2.75) is 72.1 Å². The molecule has 0 unspecified atom stereocenters. The summed E-state index contributed by atoms with van der Waals surface area (Å²) in [6.45, 7) is 5.25. The standard InChI is InChI=1S/C19H26O13/c1-9(21)27-8-16(29-11(3)23)18(31-13(5)25)19(32-14(6)26)17(30-12(4)24)15(7-20)28-10(2)22/h7,15-19H,8H2,1-6H3/t15-,16+,17-,18+,19-/m1/s1. The summed E-state index contributed by atoms with van der Waals surface area (Å²) in [6.07, 6.45) is -8.66. The van der Waals surface area contributed by atoms with Gasteiger partial charge in [0.15, 0.2) is 36.8 Å². The van der Waals surface area contributed by atoms with Gasteiger partial charge in [-0.1, -0.05) is 0 Å². The molecule has 0 radical (unpaired) electrons. The Morgan fingerprint density at radius 3 is 1.34 bits per heavy atom. The SMILES string of the molecule is CC(=O)OC[C@H](OC(C)=O)[C@H](OC(C)=O)[C@H](OC(C)=O)[C@H](OC(C)=O)[C@@H](C=O)OC(C)=O. The van der Waals surface area contributed by atoms with E-state index in [9.17, 15) is 33.6 Å². The fourth-order valence-corrected chi connectivity index (χ4v) is 2.54. The first-order chi connectivity index (χ1) is 14.8. The first kappa shape index (κ1) is 28.5. The van der Waals surface area contributed by atoms with Gasteiger partial charge in [0, 0.05) is 41.5 Å². The number of hydrogen-bond donors (Lipinski definition) is 0. The van der Waals surface area contributed by atoms with Gasteiger partial charge in [0.2, 0.25) is 0 Å². The van der Waals surface area contributed by atoms with Gasteiger partial charge in [-0.3, -0.25) is 33.6 Å². The molecular weight excluding hydrogens is 436 g/mol. The third-order valence-electron chi connectivity index (χ3n) is 3.45. The summed E-state index contributed by atoms with van der Waals surface area (Å²) in [5.41, 5.74) is 0. The Morgan fingerprint density at radius 2 is 0.969 bits per heavy atom. The van der Waals surface area contributed by atoms with Crippen molar-refractivity contribution in [3.8, 4) is 0 Å². The summed E-state index contributed by atoms with van der Waals surface area (Å²) >= 11 is 0. The summed E-state index contributed by atoms with van der Waals surface area (Å²) in [4.78, 5) is 81.1. The van der Waals surface area contributed by atoms with Crippen molar-refractivity contribution in [2.24, 2.45) is 0 Å². The monoisotopic (exact) mass is 462 g/mol. The van der Waals surface area contributed by atoms with Crippen LogP contribution in [0.25, 0.3) is 0 Å². The molecule has 0 rings (SSSR count). The Kier molecular flexibility index (Phi) is 12.2. The lowest BCUT2D eigenvalue weighted by Crippen LogP contribution is -2.57. The zero-order valence-electron chi connectivity index (χ0n) is 18.5. The molecule has 0 aliphatic heterocycles. The Morgan fingerprint density at radius 1 is 0.562 bits per heavy atom. The van der Waals surface area contributed by atoms with Gasteiger partial charge < -0.3 is 28.4 Å².